The van der Waals surface area contributed by atoms with Crippen LogP contribution in [-0.4, -0.2) is 30.3 Å². The fourth-order valence-electron chi connectivity index (χ4n) is 2.27. The van der Waals surface area contributed by atoms with Gasteiger partial charge in [0.05, 0.1) is 24.4 Å². The molecule has 2 aromatic rings. The maximum absolute atomic E-state index is 12.2. The lowest BCUT2D eigenvalue weighted by molar-refractivity contribution is -0.384. The Morgan fingerprint density at radius 2 is 1.96 bits per heavy atom. The Kier molecular flexibility index (Phi) is 5.33. The molecule has 0 atom stereocenters. The number of nitro benzene ring substituents is 1. The molecule has 1 aliphatic heterocycles. The molecule has 0 unspecified atom stereocenters. The zero-order valence-electron chi connectivity index (χ0n) is 13.5. The molecule has 8 nitrogen and oxygen atoms in total. The van der Waals surface area contributed by atoms with Crippen LogP contribution >= 0.6 is 11.6 Å². The number of amides is 1. The van der Waals surface area contributed by atoms with Crippen molar-refractivity contribution in [3.8, 4) is 11.5 Å². The third-order valence-electron chi connectivity index (χ3n) is 3.57. The molecule has 26 heavy (non-hydrogen) atoms. The molecule has 0 fully saturated rings. The summed E-state index contributed by atoms with van der Waals surface area (Å²) in [5.74, 6) is 0.630. The van der Waals surface area contributed by atoms with Crippen molar-refractivity contribution in [1.29, 1.82) is 0 Å². The number of non-ortho nitro benzene ring substituents is 1. The summed E-state index contributed by atoms with van der Waals surface area (Å²) in [6, 6.07) is 8.79. The van der Waals surface area contributed by atoms with E-state index in [9.17, 15) is 14.9 Å². The van der Waals surface area contributed by atoms with E-state index in [0.29, 0.717) is 35.8 Å². The maximum Gasteiger partial charge on any atom is 0.271 e. The summed E-state index contributed by atoms with van der Waals surface area (Å²) in [6.07, 6.45) is 2.01. The van der Waals surface area contributed by atoms with E-state index in [4.69, 9.17) is 21.1 Å². The van der Waals surface area contributed by atoms with Gasteiger partial charge in [-0.3, -0.25) is 14.9 Å². The number of benzene rings is 2. The van der Waals surface area contributed by atoms with Crippen LogP contribution in [0.3, 0.4) is 0 Å². The highest BCUT2D eigenvalue weighted by Gasteiger charge is 2.14. The van der Waals surface area contributed by atoms with Gasteiger partial charge < -0.3 is 9.47 Å². The molecule has 2 aromatic carbocycles. The van der Waals surface area contributed by atoms with Crippen LogP contribution in [0.25, 0.3) is 0 Å². The van der Waals surface area contributed by atoms with Gasteiger partial charge in [-0.25, -0.2) is 5.43 Å². The van der Waals surface area contributed by atoms with Gasteiger partial charge in [-0.05, 0) is 24.3 Å². The molecule has 1 amide bonds. The molecule has 0 bridgehead atoms. The van der Waals surface area contributed by atoms with Gasteiger partial charge in [-0.15, -0.1) is 0 Å². The molecular formula is C17H14ClN3O5. The Morgan fingerprint density at radius 1 is 1.19 bits per heavy atom. The molecule has 0 saturated carbocycles. The first-order chi connectivity index (χ1) is 12.5. The van der Waals surface area contributed by atoms with Crippen molar-refractivity contribution in [3.63, 3.8) is 0 Å². The Hall–Kier alpha value is -3.13. The van der Waals surface area contributed by atoms with Crippen molar-refractivity contribution in [3.05, 3.63) is 62.7 Å². The number of rotatable bonds is 4. The van der Waals surface area contributed by atoms with Gasteiger partial charge in [-0.2, -0.15) is 5.10 Å². The minimum absolute atomic E-state index is 0.120. The van der Waals surface area contributed by atoms with Gasteiger partial charge in [0.15, 0.2) is 11.5 Å². The number of hydrogen-bond acceptors (Lipinski definition) is 6. The average molecular weight is 376 g/mol. The Labute approximate surface area is 153 Å². The largest absolute Gasteiger partial charge is 0.490 e. The average Bonchev–Trinajstić information content (AvgIpc) is 2.87. The van der Waals surface area contributed by atoms with Gasteiger partial charge >= 0.3 is 0 Å². The van der Waals surface area contributed by atoms with E-state index in [-0.39, 0.29) is 10.7 Å². The summed E-state index contributed by atoms with van der Waals surface area (Å²) < 4.78 is 11.0. The van der Waals surface area contributed by atoms with Gasteiger partial charge in [0, 0.05) is 34.7 Å². The van der Waals surface area contributed by atoms with Gasteiger partial charge in [0.1, 0.15) is 0 Å². The summed E-state index contributed by atoms with van der Waals surface area (Å²) in [5, 5.41) is 14.9. The fraction of sp³-hybridized carbons (Fsp3) is 0.176. The molecule has 0 aromatic heterocycles. The second-order valence-corrected chi connectivity index (χ2v) is 5.78. The van der Waals surface area contributed by atoms with Crippen molar-refractivity contribution >= 4 is 29.4 Å². The molecule has 0 spiro atoms. The van der Waals surface area contributed by atoms with Crippen LogP contribution in [0.5, 0.6) is 11.5 Å². The van der Waals surface area contributed by atoms with Crippen LogP contribution in [0.4, 0.5) is 5.69 Å². The van der Waals surface area contributed by atoms with E-state index in [1.165, 1.54) is 24.4 Å². The van der Waals surface area contributed by atoms with Gasteiger partial charge in [0.25, 0.3) is 11.6 Å². The van der Waals surface area contributed by atoms with Crippen LogP contribution in [0.2, 0.25) is 5.02 Å². The van der Waals surface area contributed by atoms with Crippen molar-refractivity contribution in [2.45, 2.75) is 6.42 Å². The lowest BCUT2D eigenvalue weighted by atomic mass is 10.2. The summed E-state index contributed by atoms with van der Waals surface area (Å²) in [6.45, 7) is 1.08. The fourth-order valence-corrected chi connectivity index (χ4v) is 2.44. The van der Waals surface area contributed by atoms with E-state index in [1.54, 1.807) is 18.2 Å². The van der Waals surface area contributed by atoms with Crippen LogP contribution in [0, 0.1) is 10.1 Å². The molecule has 0 radical (unpaired) electrons. The van der Waals surface area contributed by atoms with Crippen LogP contribution in [-0.2, 0) is 0 Å². The highest BCUT2D eigenvalue weighted by Crippen LogP contribution is 2.30. The summed E-state index contributed by atoms with van der Waals surface area (Å²) >= 11 is 5.97. The third kappa shape index (κ3) is 4.09. The van der Waals surface area contributed by atoms with E-state index < -0.39 is 10.8 Å². The van der Waals surface area contributed by atoms with Crippen molar-refractivity contribution in [2.24, 2.45) is 5.10 Å². The monoisotopic (exact) mass is 375 g/mol. The van der Waals surface area contributed by atoms with E-state index in [0.717, 1.165) is 6.42 Å². The topological polar surface area (TPSA) is 103 Å². The molecule has 0 aliphatic carbocycles. The molecule has 1 heterocycles. The number of hydrogen-bond donors (Lipinski definition) is 1. The first kappa shape index (κ1) is 17.7. The lowest BCUT2D eigenvalue weighted by Crippen LogP contribution is -2.17. The number of fused-ring (bicyclic) bond motifs is 1. The number of hydrazone groups is 1. The zero-order valence-corrected chi connectivity index (χ0v) is 14.2. The van der Waals surface area contributed by atoms with Crippen LogP contribution in [0.1, 0.15) is 22.3 Å². The smallest absolute Gasteiger partial charge is 0.271 e. The number of carbonyl (C=O) groups excluding carboxylic acids is 1. The number of ether oxygens (including phenoxy) is 2. The van der Waals surface area contributed by atoms with Gasteiger partial charge in [-0.1, -0.05) is 11.6 Å². The summed E-state index contributed by atoms with van der Waals surface area (Å²) in [7, 11) is 0. The second-order valence-electron chi connectivity index (χ2n) is 5.37. The molecular weight excluding hydrogens is 362 g/mol. The van der Waals surface area contributed by atoms with Crippen molar-refractivity contribution in [2.75, 3.05) is 13.2 Å². The Morgan fingerprint density at radius 3 is 2.73 bits per heavy atom. The predicted molar refractivity (Wildman–Crippen MR) is 95.2 cm³/mol. The predicted octanol–water partition coefficient (Wildman–Crippen LogP) is 3.17. The first-order valence-corrected chi connectivity index (χ1v) is 8.09. The molecule has 9 heteroatoms. The first-order valence-electron chi connectivity index (χ1n) is 7.71. The Balaban J connectivity index is 1.71. The maximum atomic E-state index is 12.2. The summed E-state index contributed by atoms with van der Waals surface area (Å²) in [4.78, 5) is 22.5. The highest BCUT2D eigenvalue weighted by atomic mass is 35.5. The number of carbonyl (C=O) groups is 1. The Bertz CT molecular complexity index is 885. The summed E-state index contributed by atoms with van der Waals surface area (Å²) in [5.41, 5.74) is 2.89. The van der Waals surface area contributed by atoms with Crippen molar-refractivity contribution < 1.29 is 19.2 Å². The molecule has 0 saturated heterocycles. The molecule has 1 aliphatic rings. The molecule has 3 rings (SSSR count). The standard InChI is InChI=1S/C17H14ClN3O5/c18-14-4-3-13(21(23)24)8-12(14)10-19-20-17(22)11-2-5-15-16(9-11)26-7-1-6-25-15/h2-5,8-10H,1,6-7H2,(H,20,22)/b19-10+. The third-order valence-corrected chi connectivity index (χ3v) is 3.91. The quantitative estimate of drug-likeness (QED) is 0.502. The van der Waals surface area contributed by atoms with E-state index >= 15 is 0 Å². The van der Waals surface area contributed by atoms with E-state index in [2.05, 4.69) is 10.5 Å². The van der Waals surface area contributed by atoms with Crippen molar-refractivity contribution in [1.82, 2.24) is 5.43 Å². The SMILES string of the molecule is O=C(N/N=C/c1cc([N+](=O)[O-])ccc1Cl)c1ccc2c(c1)OCCCO2. The van der Waals surface area contributed by atoms with Gasteiger partial charge in [0.2, 0.25) is 0 Å². The molecule has 134 valence electrons. The number of nitrogens with zero attached hydrogens (tertiary/aromatic N) is 2. The van der Waals surface area contributed by atoms with Crippen LogP contribution < -0.4 is 14.9 Å². The number of halogens is 1. The minimum Gasteiger partial charge on any atom is -0.490 e. The van der Waals surface area contributed by atoms with Crippen LogP contribution in [0.15, 0.2) is 41.5 Å². The molecule has 1 N–H and O–H groups in total. The number of nitro groups is 1. The minimum atomic E-state index is -0.538. The highest BCUT2D eigenvalue weighted by molar-refractivity contribution is 6.33. The lowest BCUT2D eigenvalue weighted by Gasteiger charge is -2.08. The number of nitrogens with one attached hydrogen (secondary N) is 1. The second kappa shape index (κ2) is 7.83. The van der Waals surface area contributed by atoms with E-state index in [1.807, 2.05) is 0 Å². The zero-order chi connectivity index (χ0) is 18.5. The normalized spacial score (nSPS) is 13.3.